The van der Waals surface area contributed by atoms with Crippen LogP contribution in [0.5, 0.6) is 0 Å². The van der Waals surface area contributed by atoms with Gasteiger partial charge >= 0.3 is 12.1 Å². The number of hydrogen-bond acceptors (Lipinski definition) is 3. The molecule has 0 spiro atoms. The average Bonchev–Trinajstić information content (AvgIpc) is 2.70. The minimum absolute atomic E-state index is 0.0861. The molecular weight excluding hydrogens is 354 g/mol. The molecule has 1 aliphatic rings. The van der Waals surface area contributed by atoms with Crippen molar-refractivity contribution in [3.05, 3.63) is 29.8 Å². The average molecular weight is 386 g/mol. The van der Waals surface area contributed by atoms with Crippen molar-refractivity contribution in [1.82, 2.24) is 16.0 Å². The summed E-state index contributed by atoms with van der Waals surface area (Å²) in [6.07, 6.45) is 4.23. The molecule has 0 aliphatic heterocycles. The molecule has 1 aliphatic carbocycles. The molecule has 0 atom stereocenters. The molecule has 7 heteroatoms. The van der Waals surface area contributed by atoms with Crippen LogP contribution in [0.3, 0.4) is 0 Å². The van der Waals surface area contributed by atoms with Crippen molar-refractivity contribution >= 4 is 17.7 Å². The quantitative estimate of drug-likeness (QED) is 0.577. The van der Waals surface area contributed by atoms with Crippen molar-refractivity contribution in [2.75, 3.05) is 25.0 Å². The second-order valence-electron chi connectivity index (χ2n) is 7.90. The molecule has 1 aromatic rings. The minimum Gasteiger partial charge on any atom is -0.338 e. The standard InChI is InChI=1S/C21H31N5O2/c1-15(2)12-23-20(27)24-13-17-3-5-18(6-4-17)14-25-21(28)26-19-9-7-16(11-22)8-10-19/h7-10,15,17-18H,3-6,12-14H2,1-2H3,(H2,23,24,27)(H2,25,26,28). The normalized spacial score (nSPS) is 18.8. The third kappa shape index (κ3) is 7.87. The van der Waals surface area contributed by atoms with Gasteiger partial charge < -0.3 is 21.3 Å². The summed E-state index contributed by atoms with van der Waals surface area (Å²) in [6, 6.07) is 8.52. The number of hydrogen-bond donors (Lipinski definition) is 4. The van der Waals surface area contributed by atoms with Crippen molar-refractivity contribution in [2.24, 2.45) is 17.8 Å². The van der Waals surface area contributed by atoms with Gasteiger partial charge in [0.1, 0.15) is 0 Å². The van der Waals surface area contributed by atoms with Crippen LogP contribution in [0.1, 0.15) is 45.1 Å². The van der Waals surface area contributed by atoms with E-state index in [0.717, 1.165) is 25.7 Å². The second kappa shape index (κ2) is 11.2. The SMILES string of the molecule is CC(C)CNC(=O)NCC1CCC(CNC(=O)Nc2ccc(C#N)cc2)CC1. The molecule has 0 bridgehead atoms. The van der Waals surface area contributed by atoms with Crippen LogP contribution in [0.4, 0.5) is 15.3 Å². The summed E-state index contributed by atoms with van der Waals surface area (Å²) in [5.41, 5.74) is 1.23. The van der Waals surface area contributed by atoms with Crippen LogP contribution in [-0.2, 0) is 0 Å². The maximum Gasteiger partial charge on any atom is 0.319 e. The van der Waals surface area contributed by atoms with E-state index in [1.807, 2.05) is 6.07 Å². The summed E-state index contributed by atoms with van der Waals surface area (Å²) < 4.78 is 0. The van der Waals surface area contributed by atoms with Gasteiger partial charge in [-0.15, -0.1) is 0 Å². The number of anilines is 1. The van der Waals surface area contributed by atoms with Gasteiger partial charge in [0, 0.05) is 25.3 Å². The zero-order valence-corrected chi connectivity index (χ0v) is 16.8. The first kappa shape index (κ1) is 21.5. The van der Waals surface area contributed by atoms with E-state index in [-0.39, 0.29) is 12.1 Å². The molecule has 0 unspecified atom stereocenters. The fourth-order valence-electron chi connectivity index (χ4n) is 3.28. The van der Waals surface area contributed by atoms with Gasteiger partial charge in [0.05, 0.1) is 11.6 Å². The summed E-state index contributed by atoms with van der Waals surface area (Å²) in [5.74, 6) is 1.43. The van der Waals surface area contributed by atoms with Gasteiger partial charge in [0.15, 0.2) is 0 Å². The number of benzene rings is 1. The fourth-order valence-corrected chi connectivity index (χ4v) is 3.28. The van der Waals surface area contributed by atoms with E-state index >= 15 is 0 Å². The molecule has 1 saturated carbocycles. The lowest BCUT2D eigenvalue weighted by Gasteiger charge is -2.28. The van der Waals surface area contributed by atoms with E-state index in [2.05, 4.69) is 35.1 Å². The summed E-state index contributed by atoms with van der Waals surface area (Å²) >= 11 is 0. The van der Waals surface area contributed by atoms with Crippen LogP contribution in [-0.4, -0.2) is 31.7 Å². The molecule has 152 valence electrons. The van der Waals surface area contributed by atoms with Crippen molar-refractivity contribution in [3.8, 4) is 6.07 Å². The van der Waals surface area contributed by atoms with Crippen LogP contribution < -0.4 is 21.3 Å². The largest absolute Gasteiger partial charge is 0.338 e. The fraction of sp³-hybridized carbons (Fsp3) is 0.571. The smallest absolute Gasteiger partial charge is 0.319 e. The Balaban J connectivity index is 1.59. The lowest BCUT2D eigenvalue weighted by atomic mass is 9.82. The molecule has 1 fully saturated rings. The number of rotatable bonds is 7. The van der Waals surface area contributed by atoms with Gasteiger partial charge in [-0.3, -0.25) is 0 Å². The Morgan fingerprint density at radius 3 is 2.00 bits per heavy atom. The second-order valence-corrected chi connectivity index (χ2v) is 7.90. The first-order chi connectivity index (χ1) is 13.5. The molecule has 1 aromatic carbocycles. The maximum absolute atomic E-state index is 12.0. The number of carbonyl (C=O) groups is 2. The Kier molecular flexibility index (Phi) is 8.60. The highest BCUT2D eigenvalue weighted by atomic mass is 16.2. The summed E-state index contributed by atoms with van der Waals surface area (Å²) in [4.78, 5) is 23.7. The topological polar surface area (TPSA) is 106 Å². The van der Waals surface area contributed by atoms with Crippen molar-refractivity contribution in [1.29, 1.82) is 5.26 Å². The van der Waals surface area contributed by atoms with E-state index in [0.29, 0.717) is 48.6 Å². The van der Waals surface area contributed by atoms with Gasteiger partial charge in [-0.25, -0.2) is 9.59 Å². The Morgan fingerprint density at radius 2 is 1.50 bits per heavy atom. The molecule has 4 N–H and O–H groups in total. The Labute approximate surface area is 167 Å². The van der Waals surface area contributed by atoms with Gasteiger partial charge in [-0.05, 0) is 67.7 Å². The molecule has 28 heavy (non-hydrogen) atoms. The number of nitrogens with zero attached hydrogens (tertiary/aromatic N) is 1. The predicted octanol–water partition coefficient (Wildman–Crippen LogP) is 3.44. The molecule has 0 saturated heterocycles. The summed E-state index contributed by atoms with van der Waals surface area (Å²) in [6.45, 7) is 6.19. The van der Waals surface area contributed by atoms with Crippen LogP contribution in [0.15, 0.2) is 24.3 Å². The molecule has 0 heterocycles. The first-order valence-corrected chi connectivity index (χ1v) is 10.0. The number of urea groups is 2. The molecule has 2 rings (SSSR count). The number of amides is 4. The lowest BCUT2D eigenvalue weighted by Crippen LogP contribution is -2.41. The third-order valence-corrected chi connectivity index (χ3v) is 5.01. The van der Waals surface area contributed by atoms with Gasteiger partial charge in [0.25, 0.3) is 0 Å². The van der Waals surface area contributed by atoms with E-state index < -0.39 is 0 Å². The lowest BCUT2D eigenvalue weighted by molar-refractivity contribution is 0.226. The van der Waals surface area contributed by atoms with Crippen LogP contribution in [0, 0.1) is 29.1 Å². The van der Waals surface area contributed by atoms with Crippen molar-refractivity contribution in [3.63, 3.8) is 0 Å². The van der Waals surface area contributed by atoms with E-state index in [4.69, 9.17) is 5.26 Å². The van der Waals surface area contributed by atoms with E-state index in [1.165, 1.54) is 0 Å². The monoisotopic (exact) mass is 385 g/mol. The molecule has 0 aromatic heterocycles. The van der Waals surface area contributed by atoms with Crippen LogP contribution >= 0.6 is 0 Å². The molecule has 7 nitrogen and oxygen atoms in total. The predicted molar refractivity (Wildman–Crippen MR) is 110 cm³/mol. The number of nitriles is 1. The van der Waals surface area contributed by atoms with Crippen molar-refractivity contribution in [2.45, 2.75) is 39.5 Å². The maximum atomic E-state index is 12.0. The van der Waals surface area contributed by atoms with Gasteiger partial charge in [0.2, 0.25) is 0 Å². The van der Waals surface area contributed by atoms with Crippen LogP contribution in [0.2, 0.25) is 0 Å². The molecular formula is C21H31N5O2. The zero-order valence-electron chi connectivity index (χ0n) is 16.8. The van der Waals surface area contributed by atoms with Gasteiger partial charge in [-0.2, -0.15) is 5.26 Å². The van der Waals surface area contributed by atoms with E-state index in [1.54, 1.807) is 24.3 Å². The number of carbonyl (C=O) groups excluding carboxylic acids is 2. The van der Waals surface area contributed by atoms with Crippen LogP contribution in [0.25, 0.3) is 0 Å². The minimum atomic E-state index is -0.227. The van der Waals surface area contributed by atoms with Crippen molar-refractivity contribution < 1.29 is 9.59 Å². The highest BCUT2D eigenvalue weighted by Crippen LogP contribution is 2.27. The zero-order chi connectivity index (χ0) is 20.4. The Morgan fingerprint density at radius 1 is 0.964 bits per heavy atom. The highest BCUT2D eigenvalue weighted by Gasteiger charge is 2.22. The molecule has 4 amide bonds. The third-order valence-electron chi connectivity index (χ3n) is 5.01. The summed E-state index contributed by atoms with van der Waals surface area (Å²) in [5, 5.41) is 20.3. The first-order valence-electron chi connectivity index (χ1n) is 10.0. The Hall–Kier alpha value is -2.75. The highest BCUT2D eigenvalue weighted by molar-refractivity contribution is 5.89. The van der Waals surface area contributed by atoms with E-state index in [9.17, 15) is 9.59 Å². The number of nitrogens with one attached hydrogen (secondary N) is 4. The Bertz CT molecular complexity index is 673. The summed E-state index contributed by atoms with van der Waals surface area (Å²) in [7, 11) is 0. The van der Waals surface area contributed by atoms with Gasteiger partial charge in [-0.1, -0.05) is 13.8 Å². The molecule has 0 radical (unpaired) electrons.